The predicted molar refractivity (Wildman–Crippen MR) is 202 cm³/mol. The smallest absolute Gasteiger partial charge is 0.335 e. The van der Waals surface area contributed by atoms with Gasteiger partial charge < -0.3 is 43.4 Å². The number of nitrogens with zero attached hydrogens (tertiary/aromatic N) is 2. The minimum absolute atomic E-state index is 0.000248. The molecule has 15 heteroatoms. The molecule has 4 aromatic rings. The Bertz CT molecular complexity index is 2360. The maximum Gasteiger partial charge on any atom is 0.335 e. The lowest BCUT2D eigenvalue weighted by molar-refractivity contribution is -0.215. The van der Waals surface area contributed by atoms with Gasteiger partial charge in [0.1, 0.15) is 29.4 Å². The van der Waals surface area contributed by atoms with E-state index in [2.05, 4.69) is 10.2 Å². The van der Waals surface area contributed by atoms with Crippen LogP contribution in [-0.4, -0.2) is 101 Å². The third-order valence-corrected chi connectivity index (χ3v) is 14.1. The number of piperazine rings is 1. The van der Waals surface area contributed by atoms with Crippen LogP contribution in [0.15, 0.2) is 34.7 Å². The highest BCUT2D eigenvalue weighted by molar-refractivity contribution is 7.99. The number of aromatic hydroxyl groups is 1. The fourth-order valence-electron chi connectivity index (χ4n) is 10.7. The number of rotatable bonds is 3. The topological polar surface area (TPSA) is 173 Å². The number of phenols is 1. The molecular formula is C41H43N3O11S. The van der Waals surface area contributed by atoms with Gasteiger partial charge in [0.15, 0.2) is 28.5 Å². The molecule has 0 radical (unpaired) electrons. The molecule has 8 atom stereocenters. The van der Waals surface area contributed by atoms with Gasteiger partial charge >= 0.3 is 11.9 Å². The number of esters is 2. The van der Waals surface area contributed by atoms with Gasteiger partial charge in [0, 0.05) is 70.9 Å². The summed E-state index contributed by atoms with van der Waals surface area (Å²) >= 11 is 1.44. The first-order chi connectivity index (χ1) is 26.9. The number of nitrogens with one attached hydrogen (secondary N) is 1. The lowest BCUT2D eigenvalue weighted by Gasteiger charge is -2.60. The van der Waals surface area contributed by atoms with E-state index in [-0.39, 0.29) is 44.5 Å². The number of likely N-dealkylation sites (N-methyl/N-ethyl adjacent to an activating group) is 1. The van der Waals surface area contributed by atoms with E-state index in [9.17, 15) is 24.9 Å². The van der Waals surface area contributed by atoms with Crippen LogP contribution >= 0.6 is 11.8 Å². The Morgan fingerprint density at radius 3 is 2.66 bits per heavy atom. The second-order valence-corrected chi connectivity index (χ2v) is 17.0. The van der Waals surface area contributed by atoms with Crippen molar-refractivity contribution < 1.29 is 53.0 Å². The van der Waals surface area contributed by atoms with Gasteiger partial charge in [-0.3, -0.25) is 19.9 Å². The number of fused-ring (bicyclic) bond motifs is 8. The average Bonchev–Trinajstić information content (AvgIpc) is 3.76. The molecular weight excluding hydrogens is 743 g/mol. The van der Waals surface area contributed by atoms with Gasteiger partial charge in [-0.2, -0.15) is 0 Å². The van der Waals surface area contributed by atoms with E-state index in [4.69, 9.17) is 28.1 Å². The van der Waals surface area contributed by atoms with E-state index in [0.717, 1.165) is 22.1 Å². The zero-order valence-electron chi connectivity index (χ0n) is 31.6. The number of benzene rings is 3. The number of carbonyl (C=O) groups excluding carboxylic acids is 2. The molecule has 0 amide bonds. The van der Waals surface area contributed by atoms with Crippen LogP contribution in [0, 0.1) is 13.8 Å². The molecule has 9 heterocycles. The number of carbonyl (C=O) groups is 2. The Morgan fingerprint density at radius 1 is 1.11 bits per heavy atom. The van der Waals surface area contributed by atoms with Crippen molar-refractivity contribution in [2.45, 2.75) is 74.3 Å². The van der Waals surface area contributed by atoms with Crippen LogP contribution in [-0.2, 0) is 32.7 Å². The van der Waals surface area contributed by atoms with Crippen molar-refractivity contribution in [3.05, 3.63) is 75.0 Å². The van der Waals surface area contributed by atoms with Crippen molar-refractivity contribution in [3.63, 3.8) is 0 Å². The summed E-state index contributed by atoms with van der Waals surface area (Å²) in [6.45, 7) is 4.70. The third kappa shape index (κ3) is 4.75. The Balaban J connectivity index is 1.26. The summed E-state index contributed by atoms with van der Waals surface area (Å²) in [5.74, 6) is 0.911. The summed E-state index contributed by atoms with van der Waals surface area (Å²) < 4.78 is 37.2. The van der Waals surface area contributed by atoms with Crippen LogP contribution in [0.25, 0.3) is 11.0 Å². The molecule has 3 unspecified atom stereocenters. The molecule has 2 fully saturated rings. The SMILES string of the molecule is COc1c(C)cc2c(c1O)[C@H]1[C@@H]3[C@@H]4SC[C@]5(NC(CO)Cc6c5oc5ccccc65)C(=O)OC[C@@H](c5c6c(c(C)c(OC(C)=O)c54)OCO6)N3C(O)(C2)CN1C. The maximum absolute atomic E-state index is 14.9. The van der Waals surface area contributed by atoms with Gasteiger partial charge in [0.2, 0.25) is 6.79 Å². The minimum atomic E-state index is -1.53. The van der Waals surface area contributed by atoms with Crippen molar-refractivity contribution in [1.82, 2.24) is 15.1 Å². The Labute approximate surface area is 326 Å². The van der Waals surface area contributed by atoms with Crippen molar-refractivity contribution in [2.75, 3.05) is 46.5 Å². The fourth-order valence-corrected chi connectivity index (χ4v) is 12.3. The third-order valence-electron chi connectivity index (χ3n) is 12.6. The van der Waals surface area contributed by atoms with Gasteiger partial charge in [-0.1, -0.05) is 24.3 Å². The number of hydrogen-bond donors (Lipinski definition) is 4. The number of thioether (sulfide) groups is 1. The molecule has 1 spiro atoms. The summed E-state index contributed by atoms with van der Waals surface area (Å²) in [6, 6.07) is 7.13. The van der Waals surface area contributed by atoms with Crippen molar-refractivity contribution in [3.8, 4) is 28.7 Å². The van der Waals surface area contributed by atoms with Crippen molar-refractivity contribution >= 4 is 34.7 Å². The van der Waals surface area contributed by atoms with Crippen molar-refractivity contribution in [2.24, 2.45) is 0 Å². The van der Waals surface area contributed by atoms with Gasteiger partial charge in [0.25, 0.3) is 0 Å². The quantitative estimate of drug-likeness (QED) is 0.174. The molecule has 294 valence electrons. The molecule has 0 aliphatic carbocycles. The van der Waals surface area contributed by atoms with Crippen LogP contribution in [0.5, 0.6) is 28.7 Å². The van der Waals surface area contributed by atoms with Crippen molar-refractivity contribution in [1.29, 1.82) is 0 Å². The fraction of sp³-hybridized carbons (Fsp3) is 0.463. The molecule has 3 aromatic carbocycles. The zero-order chi connectivity index (χ0) is 39.0. The molecule has 8 aliphatic heterocycles. The molecule has 4 N–H and O–H groups in total. The van der Waals surface area contributed by atoms with Gasteiger partial charge in [-0.25, -0.2) is 4.79 Å². The number of aliphatic hydroxyl groups is 2. The molecule has 56 heavy (non-hydrogen) atoms. The van der Waals surface area contributed by atoms with E-state index >= 15 is 0 Å². The average molecular weight is 786 g/mol. The highest BCUT2D eigenvalue weighted by Crippen LogP contribution is 2.65. The second kappa shape index (κ2) is 12.5. The van der Waals surface area contributed by atoms with Crippen LogP contribution in [0.2, 0.25) is 0 Å². The monoisotopic (exact) mass is 785 g/mol. The number of para-hydroxylation sites is 1. The normalized spacial score (nSPS) is 31.3. The van der Waals surface area contributed by atoms with E-state index in [0.29, 0.717) is 63.0 Å². The molecule has 1 aromatic heterocycles. The highest BCUT2D eigenvalue weighted by Gasteiger charge is 2.64. The van der Waals surface area contributed by atoms with Gasteiger partial charge in [-0.05, 0) is 44.5 Å². The standard InChI is InChI=1S/C41H43N3O11S/c1-18-10-21-12-40(49)15-43(4)30(27(21)32(47)33(18)50-5)31-37-29-28(36-35(52-17-53-36)19(2)34(29)54-20(3)46)25(44(31)40)14-51-39(48)41(16-56-37)38-24(11-22(13-45)42-41)23-8-6-7-9-26(23)55-38/h6-10,22,25,30-31,37,42,45,47,49H,11-17H2,1-5H3/t22?,25-,30-,31+,37+,40?,41+/m0/s1. The second-order valence-electron chi connectivity index (χ2n) is 15.9. The lowest BCUT2D eigenvalue weighted by atomic mass is 9.78. The largest absolute Gasteiger partial charge is 0.504 e. The van der Waals surface area contributed by atoms with E-state index in [1.54, 1.807) is 0 Å². The number of furan rings is 1. The number of aliphatic hydroxyl groups excluding tert-OH is 1. The first kappa shape index (κ1) is 35.9. The van der Waals surface area contributed by atoms with Crippen LogP contribution in [0.3, 0.4) is 0 Å². The van der Waals surface area contributed by atoms with Gasteiger partial charge in [0.05, 0.1) is 31.1 Å². The Kier molecular flexibility index (Phi) is 8.00. The summed E-state index contributed by atoms with van der Waals surface area (Å²) in [5, 5.41) is 39.6. The molecule has 0 saturated carbocycles. The number of phenolic OH excluding ortho intramolecular Hbond substituents is 1. The highest BCUT2D eigenvalue weighted by atomic mass is 32.2. The summed E-state index contributed by atoms with van der Waals surface area (Å²) in [4.78, 5) is 32.0. The summed E-state index contributed by atoms with van der Waals surface area (Å²) in [5.41, 5.74) is 2.36. The van der Waals surface area contributed by atoms with Gasteiger partial charge in [-0.15, -0.1) is 11.8 Å². The number of methoxy groups -OCH3 is 1. The zero-order valence-corrected chi connectivity index (χ0v) is 32.5. The number of hydrogen-bond acceptors (Lipinski definition) is 15. The number of ether oxygens (including phenoxy) is 5. The van der Waals surface area contributed by atoms with E-state index < -0.39 is 52.6 Å². The summed E-state index contributed by atoms with van der Waals surface area (Å²) in [6.07, 6.45) is 0.591. The number of aryl methyl sites for hydroxylation is 1. The van der Waals surface area contributed by atoms with Crippen LogP contribution in [0.1, 0.15) is 69.0 Å². The Morgan fingerprint density at radius 2 is 1.89 bits per heavy atom. The first-order valence-electron chi connectivity index (χ1n) is 18.8. The molecule has 12 rings (SSSR count). The predicted octanol–water partition coefficient (Wildman–Crippen LogP) is 3.81. The lowest BCUT2D eigenvalue weighted by Crippen LogP contribution is -2.70. The van der Waals surface area contributed by atoms with E-state index in [1.165, 1.54) is 25.8 Å². The first-order valence-corrected chi connectivity index (χ1v) is 19.9. The summed E-state index contributed by atoms with van der Waals surface area (Å²) in [7, 11) is 3.46. The van der Waals surface area contributed by atoms with E-state index in [1.807, 2.05) is 56.1 Å². The molecule has 14 nitrogen and oxygen atoms in total. The van der Waals surface area contributed by atoms with Crippen LogP contribution < -0.4 is 24.3 Å². The molecule has 2 saturated heterocycles. The minimum Gasteiger partial charge on any atom is -0.504 e. The molecule has 4 bridgehead atoms. The Hall–Kier alpha value is -4.51. The van der Waals surface area contributed by atoms with Crippen LogP contribution in [0.4, 0.5) is 0 Å². The molecule has 8 aliphatic rings. The maximum atomic E-state index is 14.9.